The Bertz CT molecular complexity index is 405. The van der Waals surface area contributed by atoms with Gasteiger partial charge < -0.3 is 5.73 Å². The Morgan fingerprint density at radius 3 is 3.00 bits per heavy atom. The van der Waals surface area contributed by atoms with E-state index in [-0.39, 0.29) is 0 Å². The summed E-state index contributed by atoms with van der Waals surface area (Å²) >= 11 is 0. The van der Waals surface area contributed by atoms with Gasteiger partial charge in [-0.2, -0.15) is 0 Å². The summed E-state index contributed by atoms with van der Waals surface area (Å²) < 4.78 is 1.56. The summed E-state index contributed by atoms with van der Waals surface area (Å²) in [6.45, 7) is 0. The van der Waals surface area contributed by atoms with Crippen molar-refractivity contribution < 1.29 is 0 Å². The molecule has 0 amide bonds. The second kappa shape index (κ2) is 2.35. The maximum Gasteiger partial charge on any atom is 0.151 e. The van der Waals surface area contributed by atoms with Gasteiger partial charge in [0.25, 0.3) is 0 Å². The molecule has 0 spiro atoms. The van der Waals surface area contributed by atoms with E-state index in [2.05, 4.69) is 15.5 Å². The van der Waals surface area contributed by atoms with E-state index in [1.807, 2.05) is 0 Å². The summed E-state index contributed by atoms with van der Waals surface area (Å²) in [6, 6.07) is 1.78. The Labute approximate surface area is 68.1 Å². The molecule has 2 heterocycles. The number of hydrazine groups is 1. The van der Waals surface area contributed by atoms with Gasteiger partial charge in [0.15, 0.2) is 5.82 Å². The Hall–Kier alpha value is -1.82. The van der Waals surface area contributed by atoms with E-state index in [1.54, 1.807) is 23.3 Å². The number of imidazole rings is 1. The first-order chi connectivity index (χ1) is 5.83. The minimum Gasteiger partial charge on any atom is -0.382 e. The van der Waals surface area contributed by atoms with Crippen LogP contribution in [0.15, 0.2) is 18.6 Å². The number of aromatic nitrogens is 3. The molecular formula is C6H8N6. The fraction of sp³-hybridized carbons (Fsp3) is 0. The van der Waals surface area contributed by atoms with Crippen molar-refractivity contribution in [2.45, 2.75) is 0 Å². The lowest BCUT2D eigenvalue weighted by atomic mass is 10.4. The van der Waals surface area contributed by atoms with Crippen molar-refractivity contribution in [1.29, 1.82) is 0 Å². The van der Waals surface area contributed by atoms with Gasteiger partial charge in [-0.3, -0.25) is 5.53 Å². The summed E-state index contributed by atoms with van der Waals surface area (Å²) in [7, 11) is 0. The molecule has 0 atom stereocenters. The number of fused-ring (bicyclic) bond motifs is 1. The van der Waals surface area contributed by atoms with Gasteiger partial charge in [-0.05, 0) is 6.07 Å². The van der Waals surface area contributed by atoms with E-state index in [9.17, 15) is 0 Å². The lowest BCUT2D eigenvalue weighted by Gasteiger charge is -2.00. The first-order valence-corrected chi connectivity index (χ1v) is 3.37. The summed E-state index contributed by atoms with van der Waals surface area (Å²) in [5, 5.41) is 0. The third-order valence-corrected chi connectivity index (χ3v) is 1.63. The smallest absolute Gasteiger partial charge is 0.151 e. The van der Waals surface area contributed by atoms with Gasteiger partial charge >= 0.3 is 0 Å². The lowest BCUT2D eigenvalue weighted by Crippen LogP contribution is -2.20. The van der Waals surface area contributed by atoms with Gasteiger partial charge in [-0.25, -0.2) is 20.5 Å². The minimum atomic E-state index is 0.404. The van der Waals surface area contributed by atoms with Crippen LogP contribution in [-0.2, 0) is 0 Å². The van der Waals surface area contributed by atoms with Gasteiger partial charge in [-0.1, -0.05) is 0 Å². The Morgan fingerprint density at radius 2 is 2.25 bits per heavy atom. The van der Waals surface area contributed by atoms with Crippen molar-refractivity contribution >= 4 is 16.9 Å². The van der Waals surface area contributed by atoms with Crippen molar-refractivity contribution in [1.82, 2.24) is 14.6 Å². The molecule has 0 bridgehead atoms. The van der Waals surface area contributed by atoms with E-state index in [1.165, 1.54) is 0 Å². The summed E-state index contributed by atoms with van der Waals surface area (Å²) in [4.78, 5) is 7.91. The number of nitrogen functional groups attached to an aromatic ring is 2. The SMILES string of the molecule is NNn1cnc2c(N)nccc21. The third-order valence-electron chi connectivity index (χ3n) is 1.63. The zero-order valence-electron chi connectivity index (χ0n) is 6.23. The van der Waals surface area contributed by atoms with Crippen molar-refractivity contribution in [2.24, 2.45) is 5.84 Å². The molecule has 0 aromatic carbocycles. The predicted octanol–water partition coefficient (Wildman–Crippen LogP) is -0.569. The highest BCUT2D eigenvalue weighted by molar-refractivity contribution is 5.84. The Morgan fingerprint density at radius 1 is 1.42 bits per heavy atom. The van der Waals surface area contributed by atoms with Crippen LogP contribution in [0.3, 0.4) is 0 Å². The molecule has 12 heavy (non-hydrogen) atoms. The van der Waals surface area contributed by atoms with Crippen LogP contribution in [0.4, 0.5) is 5.82 Å². The Kier molecular flexibility index (Phi) is 1.34. The standard InChI is InChI=1S/C6H8N6/c7-6-5-4(1-2-9-6)12(11-8)3-10-5/h1-3,11H,8H2,(H2,7,9). The molecule has 0 aliphatic heterocycles. The molecule has 0 aliphatic carbocycles. The first-order valence-electron chi connectivity index (χ1n) is 3.37. The van der Waals surface area contributed by atoms with Crippen molar-refractivity contribution in [3.05, 3.63) is 18.6 Å². The molecule has 5 N–H and O–H groups in total. The quantitative estimate of drug-likeness (QED) is 0.387. The molecule has 0 aliphatic rings. The van der Waals surface area contributed by atoms with Crippen molar-refractivity contribution in [3.63, 3.8) is 0 Å². The molecule has 6 heteroatoms. The zero-order valence-corrected chi connectivity index (χ0v) is 6.23. The molecule has 0 unspecified atom stereocenters. The Balaban J connectivity index is 2.80. The highest BCUT2D eigenvalue weighted by atomic mass is 15.6. The van der Waals surface area contributed by atoms with Crippen LogP contribution in [0.5, 0.6) is 0 Å². The van der Waals surface area contributed by atoms with E-state index < -0.39 is 0 Å². The fourth-order valence-electron chi connectivity index (χ4n) is 1.07. The zero-order chi connectivity index (χ0) is 8.55. The number of nitrogens with two attached hydrogens (primary N) is 2. The normalized spacial score (nSPS) is 10.4. The van der Waals surface area contributed by atoms with Crippen LogP contribution >= 0.6 is 0 Å². The van der Waals surface area contributed by atoms with E-state index in [0.717, 1.165) is 5.52 Å². The largest absolute Gasteiger partial charge is 0.382 e. The molecular weight excluding hydrogens is 156 g/mol. The van der Waals surface area contributed by atoms with Crippen molar-refractivity contribution in [2.75, 3.05) is 11.3 Å². The van der Waals surface area contributed by atoms with Crippen LogP contribution in [-0.4, -0.2) is 14.6 Å². The lowest BCUT2D eigenvalue weighted by molar-refractivity contribution is 0.907. The number of pyridine rings is 1. The van der Waals surface area contributed by atoms with Gasteiger partial charge in [-0.15, -0.1) is 0 Å². The van der Waals surface area contributed by atoms with E-state index in [4.69, 9.17) is 11.6 Å². The molecule has 62 valence electrons. The minimum absolute atomic E-state index is 0.404. The number of nitrogens with zero attached hydrogens (tertiary/aromatic N) is 3. The number of hydrogen-bond donors (Lipinski definition) is 3. The average Bonchev–Trinajstić information content (AvgIpc) is 2.49. The second-order valence-electron chi connectivity index (χ2n) is 2.31. The topological polar surface area (TPSA) is 94.8 Å². The predicted molar refractivity (Wildman–Crippen MR) is 45.5 cm³/mol. The molecule has 0 fully saturated rings. The van der Waals surface area contributed by atoms with Crippen LogP contribution < -0.4 is 17.1 Å². The highest BCUT2D eigenvalue weighted by Gasteiger charge is 2.03. The van der Waals surface area contributed by atoms with Crippen LogP contribution in [0.25, 0.3) is 11.0 Å². The third kappa shape index (κ3) is 0.785. The van der Waals surface area contributed by atoms with Crippen LogP contribution in [0.1, 0.15) is 0 Å². The summed E-state index contributed by atoms with van der Waals surface area (Å²) in [6.07, 6.45) is 3.15. The molecule has 0 saturated carbocycles. The maximum atomic E-state index is 5.57. The van der Waals surface area contributed by atoms with Crippen LogP contribution in [0, 0.1) is 0 Å². The molecule has 2 rings (SSSR count). The van der Waals surface area contributed by atoms with Gasteiger partial charge in [0.05, 0.1) is 5.52 Å². The second-order valence-corrected chi connectivity index (χ2v) is 2.31. The highest BCUT2D eigenvalue weighted by Crippen LogP contribution is 2.14. The monoisotopic (exact) mass is 164 g/mol. The summed E-state index contributed by atoms with van der Waals surface area (Å²) in [5.41, 5.74) is 9.48. The fourth-order valence-corrected chi connectivity index (χ4v) is 1.07. The van der Waals surface area contributed by atoms with Gasteiger partial charge in [0, 0.05) is 6.20 Å². The van der Waals surface area contributed by atoms with E-state index in [0.29, 0.717) is 11.3 Å². The van der Waals surface area contributed by atoms with Crippen LogP contribution in [0.2, 0.25) is 0 Å². The summed E-state index contributed by atoms with van der Waals surface area (Å²) in [5.74, 6) is 5.63. The number of rotatable bonds is 1. The maximum absolute atomic E-state index is 5.57. The first kappa shape index (κ1) is 6.86. The molecule has 0 saturated heterocycles. The number of nitrogens with one attached hydrogen (secondary N) is 1. The molecule has 6 nitrogen and oxygen atoms in total. The van der Waals surface area contributed by atoms with Gasteiger partial charge in [0.1, 0.15) is 11.8 Å². The molecule has 2 aromatic heterocycles. The number of hydrogen-bond acceptors (Lipinski definition) is 5. The van der Waals surface area contributed by atoms with E-state index >= 15 is 0 Å². The van der Waals surface area contributed by atoms with Gasteiger partial charge in [0.2, 0.25) is 0 Å². The molecule has 0 radical (unpaired) electrons. The average molecular weight is 164 g/mol. The van der Waals surface area contributed by atoms with Crippen molar-refractivity contribution in [3.8, 4) is 0 Å². The number of anilines is 1. The molecule has 2 aromatic rings.